The standard InChI is InChI=1S/C22H28N2O4/c1-15-5-8-18(9-6-15)19(24-16(2)25)14-22(26)23-12-11-17-7-10-20(27-3)21(13-17)28-4/h5-10,13,19H,11-12,14H2,1-4H3,(H,23,26)(H,24,25). The van der Waals surface area contributed by atoms with Gasteiger partial charge in [-0.3, -0.25) is 9.59 Å². The van der Waals surface area contributed by atoms with Crippen LogP contribution in [0, 0.1) is 6.92 Å². The Kier molecular flexibility index (Phi) is 7.87. The summed E-state index contributed by atoms with van der Waals surface area (Å²) in [5.74, 6) is 1.06. The van der Waals surface area contributed by atoms with Gasteiger partial charge in [0, 0.05) is 13.5 Å². The van der Waals surface area contributed by atoms with Crippen LogP contribution in [0.5, 0.6) is 11.5 Å². The first kappa shape index (κ1) is 21.3. The average Bonchev–Trinajstić information content (AvgIpc) is 2.67. The number of aryl methyl sites for hydroxylation is 1. The van der Waals surface area contributed by atoms with Gasteiger partial charge in [-0.1, -0.05) is 35.9 Å². The van der Waals surface area contributed by atoms with Crippen LogP contribution >= 0.6 is 0 Å². The van der Waals surface area contributed by atoms with Gasteiger partial charge in [-0.2, -0.15) is 0 Å². The number of carbonyl (C=O) groups excluding carboxylic acids is 2. The Morgan fingerprint density at radius 1 is 1.00 bits per heavy atom. The SMILES string of the molecule is COc1ccc(CCNC(=O)CC(NC(C)=O)c2ccc(C)cc2)cc1OC. The molecular weight excluding hydrogens is 356 g/mol. The molecular formula is C22H28N2O4. The normalized spacial score (nSPS) is 11.4. The molecule has 2 amide bonds. The highest BCUT2D eigenvalue weighted by Crippen LogP contribution is 2.27. The first-order chi connectivity index (χ1) is 13.4. The molecule has 1 atom stereocenters. The van der Waals surface area contributed by atoms with E-state index >= 15 is 0 Å². The molecule has 2 aromatic rings. The molecule has 6 nitrogen and oxygen atoms in total. The van der Waals surface area contributed by atoms with Crippen LogP contribution in [0.1, 0.15) is 36.1 Å². The molecule has 0 saturated heterocycles. The Morgan fingerprint density at radius 3 is 2.29 bits per heavy atom. The van der Waals surface area contributed by atoms with Gasteiger partial charge in [0.05, 0.1) is 26.7 Å². The van der Waals surface area contributed by atoms with Crippen LogP contribution in [-0.2, 0) is 16.0 Å². The number of nitrogens with one attached hydrogen (secondary N) is 2. The molecule has 150 valence electrons. The van der Waals surface area contributed by atoms with E-state index in [1.54, 1.807) is 14.2 Å². The number of rotatable bonds is 9. The molecule has 0 bridgehead atoms. The second-order valence-electron chi connectivity index (χ2n) is 6.66. The van der Waals surface area contributed by atoms with Gasteiger partial charge in [0.25, 0.3) is 0 Å². The van der Waals surface area contributed by atoms with E-state index in [1.165, 1.54) is 6.92 Å². The summed E-state index contributed by atoms with van der Waals surface area (Å²) in [6, 6.07) is 13.2. The summed E-state index contributed by atoms with van der Waals surface area (Å²) < 4.78 is 10.5. The molecule has 28 heavy (non-hydrogen) atoms. The van der Waals surface area contributed by atoms with Gasteiger partial charge in [-0.25, -0.2) is 0 Å². The van der Waals surface area contributed by atoms with Gasteiger partial charge < -0.3 is 20.1 Å². The monoisotopic (exact) mass is 384 g/mol. The number of amides is 2. The number of benzene rings is 2. The minimum absolute atomic E-state index is 0.111. The van der Waals surface area contributed by atoms with Crippen molar-refractivity contribution < 1.29 is 19.1 Å². The van der Waals surface area contributed by atoms with Crippen molar-refractivity contribution in [3.8, 4) is 11.5 Å². The zero-order valence-corrected chi connectivity index (χ0v) is 16.9. The molecule has 0 spiro atoms. The third-order valence-corrected chi connectivity index (χ3v) is 4.43. The van der Waals surface area contributed by atoms with Gasteiger partial charge in [-0.15, -0.1) is 0 Å². The zero-order valence-electron chi connectivity index (χ0n) is 16.9. The van der Waals surface area contributed by atoms with Crippen LogP contribution in [0.15, 0.2) is 42.5 Å². The van der Waals surface area contributed by atoms with E-state index in [2.05, 4.69) is 10.6 Å². The van der Waals surface area contributed by atoms with Crippen molar-refractivity contribution >= 4 is 11.8 Å². The van der Waals surface area contributed by atoms with Crippen LogP contribution in [-0.4, -0.2) is 32.6 Å². The first-order valence-corrected chi connectivity index (χ1v) is 9.24. The number of hydrogen-bond donors (Lipinski definition) is 2. The lowest BCUT2D eigenvalue weighted by Crippen LogP contribution is -2.33. The van der Waals surface area contributed by atoms with E-state index in [4.69, 9.17) is 9.47 Å². The van der Waals surface area contributed by atoms with Crippen LogP contribution in [0.2, 0.25) is 0 Å². The lowest BCUT2D eigenvalue weighted by molar-refractivity contribution is -0.122. The fourth-order valence-electron chi connectivity index (χ4n) is 2.94. The Morgan fingerprint density at radius 2 is 1.68 bits per heavy atom. The summed E-state index contributed by atoms with van der Waals surface area (Å²) in [6.07, 6.45) is 0.857. The van der Waals surface area contributed by atoms with E-state index in [0.29, 0.717) is 24.5 Å². The van der Waals surface area contributed by atoms with Crippen molar-refractivity contribution in [3.05, 3.63) is 59.2 Å². The van der Waals surface area contributed by atoms with E-state index in [1.807, 2.05) is 49.4 Å². The van der Waals surface area contributed by atoms with Gasteiger partial charge in [0.15, 0.2) is 11.5 Å². The van der Waals surface area contributed by atoms with Crippen molar-refractivity contribution in [3.63, 3.8) is 0 Å². The third kappa shape index (κ3) is 6.30. The molecule has 0 heterocycles. The molecule has 0 aliphatic carbocycles. The Balaban J connectivity index is 1.92. The zero-order chi connectivity index (χ0) is 20.5. The van der Waals surface area contributed by atoms with E-state index < -0.39 is 0 Å². The molecule has 0 radical (unpaired) electrons. The maximum atomic E-state index is 12.4. The Bertz CT molecular complexity index is 803. The van der Waals surface area contributed by atoms with Crippen molar-refractivity contribution in [2.75, 3.05) is 20.8 Å². The fourth-order valence-corrected chi connectivity index (χ4v) is 2.94. The Labute approximate surface area is 166 Å². The molecule has 2 N–H and O–H groups in total. The van der Waals surface area contributed by atoms with Crippen LogP contribution < -0.4 is 20.1 Å². The molecule has 0 aromatic heterocycles. The minimum atomic E-state index is -0.348. The highest BCUT2D eigenvalue weighted by molar-refractivity contribution is 5.79. The predicted molar refractivity (Wildman–Crippen MR) is 109 cm³/mol. The quantitative estimate of drug-likeness (QED) is 0.697. The number of ether oxygens (including phenoxy) is 2. The maximum absolute atomic E-state index is 12.4. The lowest BCUT2D eigenvalue weighted by Gasteiger charge is -2.18. The molecule has 2 rings (SSSR count). The molecule has 0 fully saturated rings. The molecule has 0 saturated carbocycles. The first-order valence-electron chi connectivity index (χ1n) is 9.24. The van der Waals surface area contributed by atoms with Crippen molar-refractivity contribution in [2.24, 2.45) is 0 Å². The second kappa shape index (κ2) is 10.3. The molecule has 0 aliphatic rings. The topological polar surface area (TPSA) is 76.7 Å². The van der Waals surface area contributed by atoms with Crippen molar-refractivity contribution in [1.82, 2.24) is 10.6 Å². The molecule has 6 heteroatoms. The number of hydrogen-bond acceptors (Lipinski definition) is 4. The fraction of sp³-hybridized carbons (Fsp3) is 0.364. The highest BCUT2D eigenvalue weighted by atomic mass is 16.5. The minimum Gasteiger partial charge on any atom is -0.493 e. The summed E-state index contributed by atoms with van der Waals surface area (Å²) in [4.78, 5) is 23.9. The van der Waals surface area contributed by atoms with Crippen LogP contribution in [0.4, 0.5) is 0 Å². The van der Waals surface area contributed by atoms with E-state index in [0.717, 1.165) is 16.7 Å². The van der Waals surface area contributed by atoms with Crippen LogP contribution in [0.3, 0.4) is 0 Å². The highest BCUT2D eigenvalue weighted by Gasteiger charge is 2.17. The van der Waals surface area contributed by atoms with Gasteiger partial charge in [0.2, 0.25) is 11.8 Å². The smallest absolute Gasteiger partial charge is 0.222 e. The molecule has 1 unspecified atom stereocenters. The third-order valence-electron chi connectivity index (χ3n) is 4.43. The average molecular weight is 384 g/mol. The summed E-state index contributed by atoms with van der Waals surface area (Å²) in [5, 5.41) is 5.77. The van der Waals surface area contributed by atoms with Crippen molar-refractivity contribution in [1.29, 1.82) is 0 Å². The number of carbonyl (C=O) groups is 2. The van der Waals surface area contributed by atoms with Crippen LogP contribution in [0.25, 0.3) is 0 Å². The summed E-state index contributed by atoms with van der Waals surface area (Å²) in [5.41, 5.74) is 3.08. The van der Waals surface area contributed by atoms with Gasteiger partial charge in [0.1, 0.15) is 0 Å². The predicted octanol–water partition coefficient (Wildman–Crippen LogP) is 2.94. The molecule has 2 aromatic carbocycles. The second-order valence-corrected chi connectivity index (χ2v) is 6.66. The lowest BCUT2D eigenvalue weighted by atomic mass is 10.0. The maximum Gasteiger partial charge on any atom is 0.222 e. The van der Waals surface area contributed by atoms with Crippen molar-refractivity contribution in [2.45, 2.75) is 32.7 Å². The Hall–Kier alpha value is -3.02. The summed E-state index contributed by atoms with van der Waals surface area (Å²) in [6.45, 7) is 3.95. The summed E-state index contributed by atoms with van der Waals surface area (Å²) >= 11 is 0. The number of methoxy groups -OCH3 is 2. The summed E-state index contributed by atoms with van der Waals surface area (Å²) in [7, 11) is 3.19. The van der Waals surface area contributed by atoms with E-state index in [-0.39, 0.29) is 24.3 Å². The molecule has 0 aliphatic heterocycles. The van der Waals surface area contributed by atoms with Gasteiger partial charge in [-0.05, 0) is 36.6 Å². The van der Waals surface area contributed by atoms with E-state index in [9.17, 15) is 9.59 Å². The van der Waals surface area contributed by atoms with Gasteiger partial charge >= 0.3 is 0 Å². The largest absolute Gasteiger partial charge is 0.493 e.